The molecule has 0 spiro atoms. The van der Waals surface area contributed by atoms with E-state index in [1.807, 2.05) is 5.32 Å². The fourth-order valence-electron chi connectivity index (χ4n) is 2.90. The lowest BCUT2D eigenvalue weighted by Gasteiger charge is -2.30. The molecular formula is C21H22F2N2O4. The molecule has 2 rings (SSSR count). The van der Waals surface area contributed by atoms with Gasteiger partial charge in [0, 0.05) is 17.0 Å². The Morgan fingerprint density at radius 2 is 1.79 bits per heavy atom. The first-order chi connectivity index (χ1) is 13.8. The first-order valence-corrected chi connectivity index (χ1v) is 9.12. The van der Waals surface area contributed by atoms with Gasteiger partial charge in [0.05, 0.1) is 0 Å². The summed E-state index contributed by atoms with van der Waals surface area (Å²) < 4.78 is 26.0. The average Bonchev–Trinajstić information content (AvgIpc) is 3.22. The number of hydrogen-bond donors (Lipinski definition) is 4. The second kappa shape index (κ2) is 10.0. The number of benzene rings is 1. The van der Waals surface area contributed by atoms with Gasteiger partial charge in [0.25, 0.3) is 18.2 Å². The standard InChI is InChI=1S/C21H22F2N2O4/c1-21(28,20(22)23)17(19(27)25-29)24-18(26)16-12-10-15(11-13-16)9-5-4-8-14-6-2-3-7-14/h10-14,17,20,28-29H,2-3,6-7H2,1H3,(H,24,26)(H,25,27)/t17-,21+/m1/s1. The predicted octanol–water partition coefficient (Wildman–Crippen LogP) is 1.85. The summed E-state index contributed by atoms with van der Waals surface area (Å²) >= 11 is 0. The summed E-state index contributed by atoms with van der Waals surface area (Å²) in [5.41, 5.74) is -1.05. The monoisotopic (exact) mass is 404 g/mol. The van der Waals surface area contributed by atoms with E-state index in [4.69, 9.17) is 5.21 Å². The Morgan fingerprint density at radius 1 is 1.17 bits per heavy atom. The number of aliphatic hydroxyl groups is 1. The van der Waals surface area contributed by atoms with Gasteiger partial charge in [-0.25, -0.2) is 14.3 Å². The molecule has 0 bridgehead atoms. The highest BCUT2D eigenvalue weighted by molar-refractivity contribution is 5.97. The van der Waals surface area contributed by atoms with Crippen LogP contribution in [0, 0.1) is 29.6 Å². The van der Waals surface area contributed by atoms with E-state index >= 15 is 0 Å². The Morgan fingerprint density at radius 3 is 2.34 bits per heavy atom. The number of amides is 2. The van der Waals surface area contributed by atoms with Crippen LogP contribution in [0.15, 0.2) is 24.3 Å². The number of hydrogen-bond acceptors (Lipinski definition) is 4. The van der Waals surface area contributed by atoms with Crippen LogP contribution >= 0.6 is 0 Å². The highest BCUT2D eigenvalue weighted by Crippen LogP contribution is 2.23. The second-order valence-corrected chi connectivity index (χ2v) is 6.99. The van der Waals surface area contributed by atoms with Crippen LogP contribution in [0.25, 0.3) is 0 Å². The third-order valence-electron chi connectivity index (χ3n) is 4.72. The number of halogens is 2. The molecule has 0 saturated heterocycles. The van der Waals surface area contributed by atoms with Crippen molar-refractivity contribution in [1.29, 1.82) is 0 Å². The molecule has 1 aromatic carbocycles. The zero-order valence-electron chi connectivity index (χ0n) is 15.8. The Labute approximate surface area is 167 Å². The Hall–Kier alpha value is -2.94. The molecule has 29 heavy (non-hydrogen) atoms. The lowest BCUT2D eigenvalue weighted by Crippen LogP contribution is -2.61. The molecule has 0 aliphatic heterocycles. The molecule has 0 aromatic heterocycles. The van der Waals surface area contributed by atoms with Gasteiger partial charge in [-0.2, -0.15) is 0 Å². The molecule has 0 radical (unpaired) electrons. The molecule has 4 N–H and O–H groups in total. The van der Waals surface area contributed by atoms with Crippen molar-refractivity contribution in [3.63, 3.8) is 0 Å². The van der Waals surface area contributed by atoms with E-state index < -0.39 is 29.9 Å². The fourth-order valence-corrected chi connectivity index (χ4v) is 2.90. The normalized spacial score (nSPS) is 16.6. The van der Waals surface area contributed by atoms with Crippen LogP contribution < -0.4 is 10.8 Å². The smallest absolute Gasteiger partial charge is 0.269 e. The number of nitrogens with one attached hydrogen (secondary N) is 2. The van der Waals surface area contributed by atoms with E-state index in [1.165, 1.54) is 25.0 Å². The van der Waals surface area contributed by atoms with Gasteiger partial charge in [0.1, 0.15) is 6.04 Å². The summed E-state index contributed by atoms with van der Waals surface area (Å²) in [6, 6.07) is 3.82. The van der Waals surface area contributed by atoms with E-state index in [-0.39, 0.29) is 5.56 Å². The van der Waals surface area contributed by atoms with Crippen LogP contribution in [0.1, 0.15) is 48.5 Å². The molecule has 1 aliphatic carbocycles. The maximum atomic E-state index is 13.0. The van der Waals surface area contributed by atoms with Crippen LogP contribution in [0.4, 0.5) is 8.78 Å². The van der Waals surface area contributed by atoms with Gasteiger partial charge in [0.2, 0.25) is 0 Å². The lowest BCUT2D eigenvalue weighted by molar-refractivity contribution is -0.149. The Kier molecular flexibility index (Phi) is 7.72. The van der Waals surface area contributed by atoms with Crippen LogP contribution in [-0.4, -0.2) is 40.2 Å². The molecule has 1 aliphatic rings. The van der Waals surface area contributed by atoms with Crippen molar-refractivity contribution < 1.29 is 28.7 Å². The second-order valence-electron chi connectivity index (χ2n) is 6.99. The van der Waals surface area contributed by atoms with Crippen LogP contribution in [0.5, 0.6) is 0 Å². The van der Waals surface area contributed by atoms with Gasteiger partial charge in [0.15, 0.2) is 5.60 Å². The molecule has 1 aromatic rings. The number of rotatable bonds is 5. The molecule has 8 heteroatoms. The van der Waals surface area contributed by atoms with Crippen molar-refractivity contribution in [3.8, 4) is 23.7 Å². The zero-order chi connectivity index (χ0) is 21.4. The zero-order valence-corrected chi connectivity index (χ0v) is 15.8. The summed E-state index contributed by atoms with van der Waals surface area (Å²) in [6.45, 7) is 0.684. The molecule has 0 heterocycles. The molecule has 1 fully saturated rings. The summed E-state index contributed by atoms with van der Waals surface area (Å²) in [6.07, 6.45) is 1.26. The predicted molar refractivity (Wildman–Crippen MR) is 101 cm³/mol. The van der Waals surface area contributed by atoms with Crippen molar-refractivity contribution in [2.45, 2.75) is 50.7 Å². The fraction of sp³-hybridized carbons (Fsp3) is 0.429. The minimum Gasteiger partial charge on any atom is -0.381 e. The van der Waals surface area contributed by atoms with Gasteiger partial charge in [-0.1, -0.05) is 24.7 Å². The van der Waals surface area contributed by atoms with E-state index in [0.717, 1.165) is 18.3 Å². The largest absolute Gasteiger partial charge is 0.381 e. The lowest BCUT2D eigenvalue weighted by atomic mass is 9.95. The van der Waals surface area contributed by atoms with Gasteiger partial charge in [-0.3, -0.25) is 14.8 Å². The summed E-state index contributed by atoms with van der Waals surface area (Å²) in [5.74, 6) is 9.71. The minimum absolute atomic E-state index is 0.0633. The molecule has 6 nitrogen and oxygen atoms in total. The number of alkyl halides is 2. The maximum Gasteiger partial charge on any atom is 0.269 e. The molecule has 2 atom stereocenters. The van der Waals surface area contributed by atoms with Crippen molar-refractivity contribution in [3.05, 3.63) is 35.4 Å². The minimum atomic E-state index is -3.34. The van der Waals surface area contributed by atoms with E-state index in [1.54, 1.807) is 12.1 Å². The third-order valence-corrected chi connectivity index (χ3v) is 4.72. The van der Waals surface area contributed by atoms with E-state index in [0.29, 0.717) is 18.4 Å². The number of carbonyl (C=O) groups excluding carboxylic acids is 2. The number of hydroxylamine groups is 1. The van der Waals surface area contributed by atoms with Crippen molar-refractivity contribution in [2.75, 3.05) is 0 Å². The highest BCUT2D eigenvalue weighted by Gasteiger charge is 2.46. The topological polar surface area (TPSA) is 98.7 Å². The van der Waals surface area contributed by atoms with Crippen molar-refractivity contribution >= 4 is 11.8 Å². The first-order valence-electron chi connectivity index (χ1n) is 9.12. The van der Waals surface area contributed by atoms with Gasteiger partial charge in [-0.05, 0) is 55.9 Å². The van der Waals surface area contributed by atoms with Crippen LogP contribution in [0.2, 0.25) is 0 Å². The number of carbonyl (C=O) groups is 2. The molecule has 0 unspecified atom stereocenters. The quantitative estimate of drug-likeness (QED) is 0.342. The third kappa shape index (κ3) is 6.02. The molecule has 1 saturated carbocycles. The van der Waals surface area contributed by atoms with Crippen LogP contribution in [0.3, 0.4) is 0 Å². The molecule has 154 valence electrons. The summed E-state index contributed by atoms with van der Waals surface area (Å²) in [4.78, 5) is 23.9. The SMILES string of the molecule is C[C@@](O)(C(F)F)[C@H](NC(=O)c1ccc(C#CC#CC2CCCC2)cc1)C(=O)NO. The van der Waals surface area contributed by atoms with Gasteiger partial charge >= 0.3 is 0 Å². The maximum absolute atomic E-state index is 13.0. The first kappa shape index (κ1) is 22.4. The van der Waals surface area contributed by atoms with Crippen molar-refractivity contribution in [1.82, 2.24) is 10.8 Å². The summed E-state index contributed by atoms with van der Waals surface area (Å²) in [7, 11) is 0. The van der Waals surface area contributed by atoms with E-state index in [9.17, 15) is 23.5 Å². The Balaban J connectivity index is 2.06. The Bertz CT molecular complexity index is 855. The van der Waals surface area contributed by atoms with Crippen LogP contribution in [-0.2, 0) is 4.79 Å². The molecule has 2 amide bonds. The van der Waals surface area contributed by atoms with Gasteiger partial charge < -0.3 is 10.4 Å². The van der Waals surface area contributed by atoms with E-state index in [2.05, 4.69) is 23.7 Å². The van der Waals surface area contributed by atoms with Crippen molar-refractivity contribution in [2.24, 2.45) is 5.92 Å². The van der Waals surface area contributed by atoms with Gasteiger partial charge in [-0.15, -0.1) is 0 Å². The average molecular weight is 404 g/mol. The summed E-state index contributed by atoms with van der Waals surface area (Å²) in [5, 5.41) is 20.5. The molecular weight excluding hydrogens is 382 g/mol. The highest BCUT2D eigenvalue weighted by atomic mass is 19.3.